The Morgan fingerprint density at radius 1 is 0.941 bits per heavy atom. The second kappa shape index (κ2) is 11.0. The minimum atomic E-state index is -0.0961. The van der Waals surface area contributed by atoms with E-state index in [2.05, 4.69) is 27.0 Å². The van der Waals surface area contributed by atoms with Crippen LogP contribution in [0.25, 0.3) is 0 Å². The molecule has 2 amide bonds. The average molecular weight is 458 g/mol. The Hall–Kier alpha value is -3.58. The number of carbonyl (C=O) groups excluding carboxylic acids is 2. The summed E-state index contributed by atoms with van der Waals surface area (Å²) in [6, 6.07) is 18.2. The highest BCUT2D eigenvalue weighted by atomic mass is 16.2. The molecule has 2 aromatic carbocycles. The molecule has 0 aliphatic carbocycles. The van der Waals surface area contributed by atoms with Crippen LogP contribution in [0.1, 0.15) is 40.5 Å². The largest absolute Gasteiger partial charge is 0.333 e. The molecule has 3 aromatic rings. The van der Waals surface area contributed by atoms with Gasteiger partial charge in [0.1, 0.15) is 6.33 Å². The lowest BCUT2D eigenvalue weighted by Gasteiger charge is -2.28. The molecule has 0 saturated heterocycles. The number of para-hydroxylation sites is 1. The molecule has 1 aromatic heterocycles. The highest BCUT2D eigenvalue weighted by molar-refractivity contribution is 5.95. The van der Waals surface area contributed by atoms with Gasteiger partial charge in [0, 0.05) is 58.1 Å². The van der Waals surface area contributed by atoms with Crippen LogP contribution in [-0.2, 0) is 17.9 Å². The fourth-order valence-corrected chi connectivity index (χ4v) is 4.41. The summed E-state index contributed by atoms with van der Waals surface area (Å²) in [4.78, 5) is 40.5. The molecule has 7 heteroatoms. The third-order valence-corrected chi connectivity index (χ3v) is 6.24. The fraction of sp³-hybridized carbons (Fsp3) is 0.333. The number of anilines is 1. The van der Waals surface area contributed by atoms with Crippen LogP contribution < -0.4 is 4.90 Å². The van der Waals surface area contributed by atoms with Crippen LogP contribution in [0.15, 0.2) is 67.1 Å². The van der Waals surface area contributed by atoms with Crippen molar-refractivity contribution >= 4 is 17.5 Å². The van der Waals surface area contributed by atoms with Crippen molar-refractivity contribution in [3.63, 3.8) is 0 Å². The highest BCUT2D eigenvalue weighted by Crippen LogP contribution is 2.24. The van der Waals surface area contributed by atoms with E-state index in [4.69, 9.17) is 0 Å². The molecule has 34 heavy (non-hydrogen) atoms. The van der Waals surface area contributed by atoms with Crippen LogP contribution in [0.2, 0.25) is 0 Å². The number of hydrogen-bond acceptors (Lipinski definition) is 5. The molecule has 1 aliphatic heterocycles. The summed E-state index contributed by atoms with van der Waals surface area (Å²) in [6.07, 6.45) is 3.90. The number of aryl methyl sites for hydroxylation is 1. The van der Waals surface area contributed by atoms with Crippen LogP contribution in [-0.4, -0.2) is 57.8 Å². The molecule has 0 spiro atoms. The smallest absolute Gasteiger partial charge is 0.257 e. The minimum absolute atomic E-state index is 0.00601. The minimum Gasteiger partial charge on any atom is -0.333 e. The van der Waals surface area contributed by atoms with Crippen molar-refractivity contribution in [2.45, 2.75) is 33.4 Å². The van der Waals surface area contributed by atoms with Gasteiger partial charge in [0.2, 0.25) is 5.91 Å². The topological polar surface area (TPSA) is 69.6 Å². The first-order valence-electron chi connectivity index (χ1n) is 11.7. The summed E-state index contributed by atoms with van der Waals surface area (Å²) < 4.78 is 0. The summed E-state index contributed by atoms with van der Waals surface area (Å²) in [7, 11) is 0. The molecule has 0 fully saturated rings. The molecule has 176 valence electrons. The van der Waals surface area contributed by atoms with Crippen LogP contribution in [0.4, 0.5) is 5.69 Å². The van der Waals surface area contributed by atoms with Crippen LogP contribution in [0, 0.1) is 6.92 Å². The number of nitrogens with zero attached hydrogens (tertiary/aromatic N) is 5. The van der Waals surface area contributed by atoms with Crippen LogP contribution in [0.5, 0.6) is 0 Å². The Balaban J connectivity index is 1.67. The second-order valence-electron chi connectivity index (χ2n) is 8.66. The molecule has 0 N–H and O–H groups in total. The van der Waals surface area contributed by atoms with Gasteiger partial charge in [0.25, 0.3) is 5.91 Å². The van der Waals surface area contributed by atoms with E-state index in [1.54, 1.807) is 13.1 Å². The van der Waals surface area contributed by atoms with Crippen LogP contribution >= 0.6 is 0 Å². The third-order valence-electron chi connectivity index (χ3n) is 6.24. The Labute approximate surface area is 201 Å². The Morgan fingerprint density at radius 2 is 1.71 bits per heavy atom. The van der Waals surface area contributed by atoms with Crippen molar-refractivity contribution in [2.75, 3.05) is 31.1 Å². The lowest BCUT2D eigenvalue weighted by molar-refractivity contribution is -0.116. The van der Waals surface area contributed by atoms with Crippen molar-refractivity contribution in [1.82, 2.24) is 19.8 Å². The quantitative estimate of drug-likeness (QED) is 0.600. The summed E-state index contributed by atoms with van der Waals surface area (Å²) in [5.41, 5.74) is 4.22. The molecule has 0 atom stereocenters. The number of benzene rings is 2. The number of carbonyl (C=O) groups is 2. The van der Waals surface area contributed by atoms with Gasteiger partial charge in [0.15, 0.2) is 0 Å². The van der Waals surface area contributed by atoms with Crippen LogP contribution in [0.3, 0.4) is 0 Å². The van der Waals surface area contributed by atoms with Gasteiger partial charge in [-0.2, -0.15) is 0 Å². The van der Waals surface area contributed by atoms with Gasteiger partial charge in [0.05, 0.1) is 11.3 Å². The predicted octanol–water partition coefficient (Wildman–Crippen LogP) is 3.69. The molecule has 2 heterocycles. The fourth-order valence-electron chi connectivity index (χ4n) is 4.41. The average Bonchev–Trinajstić information content (AvgIpc) is 2.88. The van der Waals surface area contributed by atoms with E-state index in [1.165, 1.54) is 11.9 Å². The van der Waals surface area contributed by atoms with Gasteiger partial charge >= 0.3 is 0 Å². The van der Waals surface area contributed by atoms with Crippen molar-refractivity contribution in [1.29, 1.82) is 0 Å². The Bertz CT molecular complexity index is 1130. The van der Waals surface area contributed by atoms with Crippen molar-refractivity contribution in [3.8, 4) is 0 Å². The molecule has 1 aliphatic rings. The number of amides is 2. The molecule has 4 rings (SSSR count). The predicted molar refractivity (Wildman–Crippen MR) is 132 cm³/mol. The molecule has 0 unspecified atom stereocenters. The van der Waals surface area contributed by atoms with E-state index in [0.29, 0.717) is 30.9 Å². The zero-order chi connectivity index (χ0) is 23.9. The highest BCUT2D eigenvalue weighted by Gasteiger charge is 2.24. The summed E-state index contributed by atoms with van der Waals surface area (Å²) >= 11 is 0. The molecular weight excluding hydrogens is 426 g/mol. The first kappa shape index (κ1) is 23.6. The first-order valence-corrected chi connectivity index (χ1v) is 11.7. The van der Waals surface area contributed by atoms with E-state index in [0.717, 1.165) is 37.3 Å². The molecule has 0 bridgehead atoms. The number of rotatable bonds is 3. The maximum Gasteiger partial charge on any atom is 0.257 e. The van der Waals surface area contributed by atoms with Gasteiger partial charge in [-0.15, -0.1) is 0 Å². The van der Waals surface area contributed by atoms with E-state index >= 15 is 0 Å². The van der Waals surface area contributed by atoms with Gasteiger partial charge in [-0.1, -0.05) is 48.5 Å². The number of hydrogen-bond donors (Lipinski definition) is 0. The number of fused-ring (bicyclic) bond motifs is 1. The van der Waals surface area contributed by atoms with Gasteiger partial charge in [-0.3, -0.25) is 14.5 Å². The summed E-state index contributed by atoms with van der Waals surface area (Å²) in [5, 5.41) is 0. The van der Waals surface area contributed by atoms with Gasteiger partial charge < -0.3 is 9.80 Å². The zero-order valence-electron chi connectivity index (χ0n) is 19.9. The van der Waals surface area contributed by atoms with Gasteiger partial charge in [-0.25, -0.2) is 9.97 Å². The molecule has 7 nitrogen and oxygen atoms in total. The lowest BCUT2D eigenvalue weighted by atomic mass is 10.1. The second-order valence-corrected chi connectivity index (χ2v) is 8.66. The maximum atomic E-state index is 13.6. The SMILES string of the molecule is CC(=O)N1CCCN(Cc2ccccc2)CCN(C(=O)c2cncnc2C)Cc2ccccc21. The first-order chi connectivity index (χ1) is 16.5. The normalized spacial score (nSPS) is 15.4. The Kier molecular flexibility index (Phi) is 7.65. The van der Waals surface area contributed by atoms with Crippen molar-refractivity contribution < 1.29 is 9.59 Å². The standard InChI is InChI=1S/C27H31N5O2/c1-21-25(17-28-20-29-21)27(34)31-16-15-30(18-23-9-4-3-5-10-23)13-8-14-32(22(2)33)26-12-7-6-11-24(26)19-31/h3-7,9-12,17,20H,8,13-16,18-19H2,1-2H3. The zero-order valence-corrected chi connectivity index (χ0v) is 19.9. The lowest BCUT2D eigenvalue weighted by Crippen LogP contribution is -2.39. The van der Waals surface area contributed by atoms with E-state index in [9.17, 15) is 9.59 Å². The summed E-state index contributed by atoms with van der Waals surface area (Å²) in [5.74, 6) is -0.0901. The van der Waals surface area contributed by atoms with Gasteiger partial charge in [-0.05, 0) is 30.5 Å². The summed E-state index contributed by atoms with van der Waals surface area (Å²) in [6.45, 7) is 7.40. The maximum absolute atomic E-state index is 13.6. The van der Waals surface area contributed by atoms with Crippen molar-refractivity contribution in [3.05, 3.63) is 89.5 Å². The van der Waals surface area contributed by atoms with E-state index < -0.39 is 0 Å². The van der Waals surface area contributed by atoms with Crippen molar-refractivity contribution in [2.24, 2.45) is 0 Å². The molecule has 0 radical (unpaired) electrons. The monoisotopic (exact) mass is 457 g/mol. The Morgan fingerprint density at radius 3 is 2.47 bits per heavy atom. The van der Waals surface area contributed by atoms with E-state index in [-0.39, 0.29) is 11.8 Å². The van der Waals surface area contributed by atoms with E-state index in [1.807, 2.05) is 59.2 Å². The molecule has 0 saturated carbocycles. The number of aromatic nitrogens is 2. The molecular formula is C27H31N5O2. The third kappa shape index (κ3) is 5.66.